The maximum atomic E-state index is 10.8. The van der Waals surface area contributed by atoms with Crippen LogP contribution in [0.4, 0.5) is 0 Å². The summed E-state index contributed by atoms with van der Waals surface area (Å²) in [5, 5.41) is 10.8. The Labute approximate surface area is 130 Å². The number of rotatable bonds is 0. The van der Waals surface area contributed by atoms with Crippen LogP contribution in [0.15, 0.2) is 0 Å². The minimum Gasteiger partial charge on any atom is -0.393 e. The summed E-state index contributed by atoms with van der Waals surface area (Å²) in [5.74, 6) is 4.02. The lowest BCUT2D eigenvalue weighted by atomic mass is 9.44. The highest BCUT2D eigenvalue weighted by atomic mass is 16.3. The lowest BCUT2D eigenvalue weighted by Gasteiger charge is -2.61. The van der Waals surface area contributed by atoms with E-state index < -0.39 is 0 Å². The predicted molar refractivity (Wildman–Crippen MR) is 86.9 cm³/mol. The van der Waals surface area contributed by atoms with Crippen LogP contribution >= 0.6 is 0 Å². The van der Waals surface area contributed by atoms with E-state index in [1.54, 1.807) is 0 Å². The van der Waals surface area contributed by atoms with Crippen molar-refractivity contribution in [1.82, 2.24) is 0 Å². The summed E-state index contributed by atoms with van der Waals surface area (Å²) in [5.41, 5.74) is 1.11. The van der Waals surface area contributed by atoms with Crippen molar-refractivity contribution in [1.29, 1.82) is 0 Å². The molecule has 0 saturated heterocycles. The molecule has 0 heterocycles. The molecule has 1 N–H and O–H groups in total. The van der Waals surface area contributed by atoms with Gasteiger partial charge in [-0.1, -0.05) is 27.2 Å². The summed E-state index contributed by atoms with van der Waals surface area (Å²) in [4.78, 5) is 0. The molecule has 7 unspecified atom stereocenters. The normalized spacial score (nSPS) is 60.0. The molecule has 0 aliphatic heterocycles. The van der Waals surface area contributed by atoms with E-state index in [2.05, 4.69) is 20.8 Å². The van der Waals surface area contributed by atoms with E-state index in [1.807, 2.05) is 0 Å². The third-order valence-electron chi connectivity index (χ3n) is 8.86. The van der Waals surface area contributed by atoms with Crippen LogP contribution in [0.5, 0.6) is 0 Å². The molecule has 4 saturated carbocycles. The van der Waals surface area contributed by atoms with Gasteiger partial charge in [-0.25, -0.2) is 0 Å². The zero-order valence-electron chi connectivity index (χ0n) is 14.3. The Kier molecular flexibility index (Phi) is 3.27. The van der Waals surface area contributed by atoms with E-state index in [9.17, 15) is 5.11 Å². The maximum Gasteiger partial charge on any atom is 0.0599 e. The van der Waals surface area contributed by atoms with Crippen molar-refractivity contribution in [2.75, 3.05) is 0 Å². The lowest BCUT2D eigenvalue weighted by molar-refractivity contribution is -0.153. The first-order chi connectivity index (χ1) is 9.96. The number of aliphatic hydroxyl groups excluding tert-OH is 1. The molecule has 4 rings (SSSR count). The van der Waals surface area contributed by atoms with E-state index in [1.165, 1.54) is 57.8 Å². The van der Waals surface area contributed by atoms with Crippen molar-refractivity contribution in [3.63, 3.8) is 0 Å². The molecule has 1 nitrogen and oxygen atoms in total. The van der Waals surface area contributed by atoms with Gasteiger partial charge in [0.05, 0.1) is 6.10 Å². The van der Waals surface area contributed by atoms with Crippen molar-refractivity contribution in [2.45, 2.75) is 84.7 Å². The van der Waals surface area contributed by atoms with Gasteiger partial charge in [0, 0.05) is 0 Å². The Morgan fingerprint density at radius 1 is 0.810 bits per heavy atom. The molecule has 0 aromatic heterocycles. The van der Waals surface area contributed by atoms with Crippen LogP contribution < -0.4 is 0 Å². The highest BCUT2D eigenvalue weighted by Crippen LogP contribution is 2.66. The van der Waals surface area contributed by atoms with Gasteiger partial charge < -0.3 is 5.11 Å². The van der Waals surface area contributed by atoms with Gasteiger partial charge in [-0.05, 0) is 91.8 Å². The van der Waals surface area contributed by atoms with Crippen LogP contribution in [0.1, 0.15) is 78.6 Å². The molecular weight excluding hydrogens is 256 g/mol. The first-order valence-corrected chi connectivity index (χ1v) is 9.64. The summed E-state index contributed by atoms with van der Waals surface area (Å²) < 4.78 is 0. The number of aliphatic hydroxyl groups is 1. The Morgan fingerprint density at radius 3 is 2.43 bits per heavy atom. The number of hydrogen-bond acceptors (Lipinski definition) is 1. The second-order valence-corrected chi connectivity index (χ2v) is 9.66. The molecule has 0 aromatic carbocycles. The van der Waals surface area contributed by atoms with Crippen molar-refractivity contribution < 1.29 is 5.11 Å². The topological polar surface area (TPSA) is 20.2 Å². The van der Waals surface area contributed by atoms with Gasteiger partial charge in [0.1, 0.15) is 0 Å². The van der Waals surface area contributed by atoms with Crippen LogP contribution in [-0.2, 0) is 0 Å². The molecule has 4 aliphatic rings. The largest absolute Gasteiger partial charge is 0.393 e. The fraction of sp³-hybridized carbons (Fsp3) is 1.00. The molecule has 0 bridgehead atoms. The average molecular weight is 290 g/mol. The zero-order chi connectivity index (χ0) is 14.8. The van der Waals surface area contributed by atoms with E-state index >= 15 is 0 Å². The van der Waals surface area contributed by atoms with Crippen LogP contribution in [0.25, 0.3) is 0 Å². The molecule has 1 heteroatoms. The van der Waals surface area contributed by atoms with Crippen molar-refractivity contribution in [2.24, 2.45) is 40.4 Å². The number of hydrogen-bond donors (Lipinski definition) is 1. The molecular formula is C20H34O. The Balaban J connectivity index is 1.64. The fourth-order valence-electron chi connectivity index (χ4n) is 7.52. The Morgan fingerprint density at radius 2 is 1.62 bits per heavy atom. The van der Waals surface area contributed by atoms with Gasteiger partial charge in [-0.3, -0.25) is 0 Å². The van der Waals surface area contributed by atoms with Gasteiger partial charge >= 0.3 is 0 Å². The fourth-order valence-corrected chi connectivity index (χ4v) is 7.52. The monoisotopic (exact) mass is 290 g/mol. The quantitative estimate of drug-likeness (QED) is 0.663. The lowest BCUT2D eigenvalue weighted by Crippen LogP contribution is -2.56. The highest BCUT2D eigenvalue weighted by Gasteiger charge is 2.59. The second kappa shape index (κ2) is 4.73. The Bertz CT molecular complexity index is 418. The summed E-state index contributed by atoms with van der Waals surface area (Å²) in [7, 11) is 0. The van der Waals surface area contributed by atoms with Gasteiger partial charge in [0.25, 0.3) is 0 Å². The summed E-state index contributed by atoms with van der Waals surface area (Å²) in [6, 6.07) is 0. The average Bonchev–Trinajstić information content (AvgIpc) is 2.85. The molecule has 0 amide bonds. The van der Waals surface area contributed by atoms with E-state index in [0.29, 0.717) is 22.7 Å². The highest BCUT2D eigenvalue weighted by molar-refractivity contribution is 5.08. The van der Waals surface area contributed by atoms with Crippen LogP contribution in [0.2, 0.25) is 0 Å². The molecule has 21 heavy (non-hydrogen) atoms. The minimum absolute atomic E-state index is 0.0263. The maximum absolute atomic E-state index is 10.8. The molecule has 4 aliphatic carbocycles. The third kappa shape index (κ3) is 1.92. The summed E-state index contributed by atoms with van der Waals surface area (Å²) in [6.07, 6.45) is 12.7. The molecule has 0 radical (unpaired) electrons. The van der Waals surface area contributed by atoms with Crippen molar-refractivity contribution >= 4 is 0 Å². The van der Waals surface area contributed by atoms with Gasteiger partial charge in [0.15, 0.2) is 0 Å². The first-order valence-electron chi connectivity index (χ1n) is 9.64. The summed E-state index contributed by atoms with van der Waals surface area (Å²) >= 11 is 0. The molecule has 4 fully saturated rings. The smallest absolute Gasteiger partial charge is 0.0599 e. The predicted octanol–water partition coefficient (Wildman–Crippen LogP) is 5.03. The standard InChI is InChI=1S/C20H34O/c1-13-8-12-20(3)16-9-11-19(2)10-4-5-15(19)14(16)6-7-17(20)18(13)21/h13-18,21H,4-12H2,1-3H3/t13?,14?,15?,16?,17?,18?,19-,20?/m0/s1. The van der Waals surface area contributed by atoms with Gasteiger partial charge in [0.2, 0.25) is 0 Å². The molecule has 0 spiro atoms. The zero-order valence-corrected chi connectivity index (χ0v) is 14.3. The van der Waals surface area contributed by atoms with Crippen LogP contribution in [-0.4, -0.2) is 11.2 Å². The van der Waals surface area contributed by atoms with Gasteiger partial charge in [-0.15, -0.1) is 0 Å². The molecule has 120 valence electrons. The Hall–Kier alpha value is -0.0400. The van der Waals surface area contributed by atoms with Crippen molar-refractivity contribution in [3.8, 4) is 0 Å². The van der Waals surface area contributed by atoms with E-state index in [0.717, 1.165) is 17.8 Å². The van der Waals surface area contributed by atoms with E-state index in [-0.39, 0.29) is 6.10 Å². The van der Waals surface area contributed by atoms with Crippen molar-refractivity contribution in [3.05, 3.63) is 0 Å². The SMILES string of the molecule is CC1CCC2(C)C(CCC3C2CC[C@]2(C)CCCC32)C1O. The number of fused-ring (bicyclic) bond motifs is 5. The van der Waals surface area contributed by atoms with Crippen LogP contribution in [0, 0.1) is 40.4 Å². The first kappa shape index (κ1) is 14.5. The van der Waals surface area contributed by atoms with Crippen LogP contribution in [0.3, 0.4) is 0 Å². The summed E-state index contributed by atoms with van der Waals surface area (Å²) in [6.45, 7) is 7.42. The molecule has 0 aromatic rings. The van der Waals surface area contributed by atoms with E-state index in [4.69, 9.17) is 0 Å². The van der Waals surface area contributed by atoms with Gasteiger partial charge in [-0.2, -0.15) is 0 Å². The molecule has 8 atom stereocenters. The second-order valence-electron chi connectivity index (χ2n) is 9.66. The third-order valence-corrected chi connectivity index (χ3v) is 8.86. The minimum atomic E-state index is -0.0263.